The van der Waals surface area contributed by atoms with Crippen molar-refractivity contribution in [3.8, 4) is 0 Å². The van der Waals surface area contributed by atoms with E-state index in [1.165, 1.54) is 6.42 Å². The van der Waals surface area contributed by atoms with Crippen molar-refractivity contribution in [3.63, 3.8) is 0 Å². The molecule has 1 rings (SSSR count). The number of hydrogen-bond donors (Lipinski definition) is 2. The van der Waals surface area contributed by atoms with Crippen LogP contribution in [0.1, 0.15) is 33.1 Å². The second-order valence-electron chi connectivity index (χ2n) is 4.31. The fourth-order valence-electron chi connectivity index (χ4n) is 2.17. The van der Waals surface area contributed by atoms with Crippen molar-refractivity contribution in [3.05, 3.63) is 0 Å². The van der Waals surface area contributed by atoms with Gasteiger partial charge >= 0.3 is 0 Å². The van der Waals surface area contributed by atoms with Crippen LogP contribution in [0.3, 0.4) is 0 Å². The molecule has 0 aromatic carbocycles. The Kier molecular flexibility index (Phi) is 3.53. The van der Waals surface area contributed by atoms with Gasteiger partial charge in [0.15, 0.2) is 0 Å². The van der Waals surface area contributed by atoms with Crippen LogP contribution >= 0.6 is 0 Å². The summed E-state index contributed by atoms with van der Waals surface area (Å²) < 4.78 is 0. The van der Waals surface area contributed by atoms with E-state index in [4.69, 9.17) is 5.11 Å². The summed E-state index contributed by atoms with van der Waals surface area (Å²) in [6.45, 7) is 4.41. The standard InChI is InChI=1S/C10H20O2/c1-7-3-4-9(8(2)6-11)10(12)5-7/h7-12H,3-6H2,1-2H3/t7-,8?,9+,10+/m1/s1. The molecule has 12 heavy (non-hydrogen) atoms. The van der Waals surface area contributed by atoms with E-state index in [0.717, 1.165) is 12.8 Å². The fourth-order valence-corrected chi connectivity index (χ4v) is 2.17. The van der Waals surface area contributed by atoms with Crippen LogP contribution in [-0.2, 0) is 0 Å². The van der Waals surface area contributed by atoms with Crippen molar-refractivity contribution in [1.29, 1.82) is 0 Å². The minimum Gasteiger partial charge on any atom is -0.396 e. The summed E-state index contributed by atoms with van der Waals surface area (Å²) >= 11 is 0. The van der Waals surface area contributed by atoms with Crippen LogP contribution in [0.4, 0.5) is 0 Å². The Morgan fingerprint density at radius 2 is 2.08 bits per heavy atom. The average molecular weight is 172 g/mol. The highest BCUT2D eigenvalue weighted by atomic mass is 16.3. The molecule has 2 nitrogen and oxygen atoms in total. The highest BCUT2D eigenvalue weighted by Crippen LogP contribution is 2.33. The summed E-state index contributed by atoms with van der Waals surface area (Å²) in [4.78, 5) is 0. The zero-order valence-corrected chi connectivity index (χ0v) is 8.03. The Balaban J connectivity index is 2.44. The Bertz CT molecular complexity index is 136. The molecule has 2 heteroatoms. The summed E-state index contributed by atoms with van der Waals surface area (Å²) in [6, 6.07) is 0. The highest BCUT2D eigenvalue weighted by Gasteiger charge is 2.30. The molecule has 1 unspecified atom stereocenters. The molecule has 1 aliphatic rings. The Morgan fingerprint density at radius 1 is 1.42 bits per heavy atom. The molecule has 4 atom stereocenters. The first kappa shape index (κ1) is 10.0. The van der Waals surface area contributed by atoms with E-state index in [1.807, 2.05) is 6.92 Å². The number of aliphatic hydroxyl groups excluding tert-OH is 2. The third-order valence-electron chi connectivity index (χ3n) is 3.15. The molecule has 0 aromatic heterocycles. The molecule has 0 radical (unpaired) electrons. The summed E-state index contributed by atoms with van der Waals surface area (Å²) in [5.41, 5.74) is 0. The van der Waals surface area contributed by atoms with Crippen LogP contribution in [-0.4, -0.2) is 22.9 Å². The van der Waals surface area contributed by atoms with Gasteiger partial charge in [0.25, 0.3) is 0 Å². The summed E-state index contributed by atoms with van der Waals surface area (Å²) in [5, 5.41) is 18.7. The van der Waals surface area contributed by atoms with Gasteiger partial charge in [0.05, 0.1) is 6.10 Å². The van der Waals surface area contributed by atoms with Crippen LogP contribution < -0.4 is 0 Å². The van der Waals surface area contributed by atoms with Crippen molar-refractivity contribution < 1.29 is 10.2 Å². The van der Waals surface area contributed by atoms with Gasteiger partial charge < -0.3 is 10.2 Å². The van der Waals surface area contributed by atoms with E-state index in [-0.39, 0.29) is 18.6 Å². The monoisotopic (exact) mass is 172 g/mol. The van der Waals surface area contributed by atoms with Gasteiger partial charge in [0.1, 0.15) is 0 Å². The van der Waals surface area contributed by atoms with E-state index in [1.54, 1.807) is 0 Å². The van der Waals surface area contributed by atoms with Crippen LogP contribution in [0.5, 0.6) is 0 Å². The fraction of sp³-hybridized carbons (Fsp3) is 1.00. The lowest BCUT2D eigenvalue weighted by Gasteiger charge is -2.34. The SMILES string of the molecule is CC(CO)[C@@H]1CC[C@@H](C)C[C@@H]1O. The van der Waals surface area contributed by atoms with Gasteiger partial charge in [-0.15, -0.1) is 0 Å². The van der Waals surface area contributed by atoms with E-state index >= 15 is 0 Å². The molecule has 1 fully saturated rings. The highest BCUT2D eigenvalue weighted by molar-refractivity contribution is 4.80. The zero-order chi connectivity index (χ0) is 9.14. The first-order valence-electron chi connectivity index (χ1n) is 4.94. The predicted molar refractivity (Wildman–Crippen MR) is 48.8 cm³/mol. The molecular weight excluding hydrogens is 152 g/mol. The summed E-state index contributed by atoms with van der Waals surface area (Å²) in [6.07, 6.45) is 3.00. The van der Waals surface area contributed by atoms with Crippen molar-refractivity contribution in [1.82, 2.24) is 0 Å². The summed E-state index contributed by atoms with van der Waals surface area (Å²) in [5.74, 6) is 1.24. The lowest BCUT2D eigenvalue weighted by molar-refractivity contribution is 0.00804. The lowest BCUT2D eigenvalue weighted by atomic mass is 9.75. The third kappa shape index (κ3) is 2.20. The van der Waals surface area contributed by atoms with Crippen LogP contribution in [0, 0.1) is 17.8 Å². The smallest absolute Gasteiger partial charge is 0.0574 e. The maximum atomic E-state index is 9.73. The number of rotatable bonds is 2. The molecule has 1 aliphatic carbocycles. The van der Waals surface area contributed by atoms with Crippen molar-refractivity contribution in [2.75, 3.05) is 6.61 Å². The molecule has 0 aromatic rings. The Morgan fingerprint density at radius 3 is 2.58 bits per heavy atom. The van der Waals surface area contributed by atoms with Crippen molar-refractivity contribution in [2.24, 2.45) is 17.8 Å². The van der Waals surface area contributed by atoms with E-state index in [0.29, 0.717) is 11.8 Å². The molecule has 0 amide bonds. The van der Waals surface area contributed by atoms with Crippen LogP contribution in [0.2, 0.25) is 0 Å². The normalized spacial score (nSPS) is 39.5. The second-order valence-corrected chi connectivity index (χ2v) is 4.31. The second kappa shape index (κ2) is 4.24. The largest absolute Gasteiger partial charge is 0.396 e. The van der Waals surface area contributed by atoms with Crippen molar-refractivity contribution >= 4 is 0 Å². The molecule has 0 bridgehead atoms. The van der Waals surface area contributed by atoms with E-state index in [9.17, 15) is 5.11 Å². The number of aliphatic hydroxyl groups is 2. The molecule has 2 N–H and O–H groups in total. The van der Waals surface area contributed by atoms with Gasteiger partial charge in [-0.05, 0) is 30.6 Å². The number of hydrogen-bond acceptors (Lipinski definition) is 2. The summed E-state index contributed by atoms with van der Waals surface area (Å²) in [7, 11) is 0. The third-order valence-corrected chi connectivity index (χ3v) is 3.15. The lowest BCUT2D eigenvalue weighted by Crippen LogP contribution is -2.34. The Hall–Kier alpha value is -0.0800. The van der Waals surface area contributed by atoms with Gasteiger partial charge in [0, 0.05) is 6.61 Å². The minimum atomic E-state index is -0.184. The van der Waals surface area contributed by atoms with Crippen LogP contribution in [0.25, 0.3) is 0 Å². The topological polar surface area (TPSA) is 40.5 Å². The predicted octanol–water partition coefficient (Wildman–Crippen LogP) is 1.41. The molecule has 0 heterocycles. The molecule has 0 spiro atoms. The molecule has 72 valence electrons. The van der Waals surface area contributed by atoms with Gasteiger partial charge in [-0.3, -0.25) is 0 Å². The zero-order valence-electron chi connectivity index (χ0n) is 8.03. The quantitative estimate of drug-likeness (QED) is 0.661. The van der Waals surface area contributed by atoms with Crippen LogP contribution in [0.15, 0.2) is 0 Å². The maximum Gasteiger partial charge on any atom is 0.0574 e. The van der Waals surface area contributed by atoms with Gasteiger partial charge in [-0.2, -0.15) is 0 Å². The molecule has 1 saturated carbocycles. The first-order valence-corrected chi connectivity index (χ1v) is 4.94. The average Bonchev–Trinajstić information content (AvgIpc) is 2.03. The van der Waals surface area contributed by atoms with E-state index in [2.05, 4.69) is 6.92 Å². The van der Waals surface area contributed by atoms with Gasteiger partial charge in [-0.25, -0.2) is 0 Å². The van der Waals surface area contributed by atoms with Gasteiger partial charge in [-0.1, -0.05) is 20.3 Å². The molecule has 0 aliphatic heterocycles. The Labute approximate surface area is 74.6 Å². The van der Waals surface area contributed by atoms with E-state index < -0.39 is 0 Å². The minimum absolute atomic E-state index is 0.184. The molecule has 0 saturated heterocycles. The maximum absolute atomic E-state index is 9.73. The van der Waals surface area contributed by atoms with Gasteiger partial charge in [0.2, 0.25) is 0 Å². The van der Waals surface area contributed by atoms with Crippen molar-refractivity contribution in [2.45, 2.75) is 39.2 Å². The molecular formula is C10H20O2. The first-order chi connectivity index (χ1) is 5.65.